The molecular formula is C13H22N4O2. The number of anilines is 1. The van der Waals surface area contributed by atoms with Crippen LogP contribution in [0.2, 0.25) is 0 Å². The number of hydrogen-bond acceptors (Lipinski definition) is 4. The molecule has 1 unspecified atom stereocenters. The summed E-state index contributed by atoms with van der Waals surface area (Å²) in [6.07, 6.45) is 4.07. The predicted octanol–water partition coefficient (Wildman–Crippen LogP) is 1.15. The van der Waals surface area contributed by atoms with E-state index in [0.717, 1.165) is 6.42 Å². The molecule has 0 aliphatic carbocycles. The first-order valence-electron chi connectivity index (χ1n) is 6.58. The van der Waals surface area contributed by atoms with E-state index in [1.807, 2.05) is 20.8 Å². The van der Waals surface area contributed by atoms with Gasteiger partial charge in [-0.15, -0.1) is 0 Å². The van der Waals surface area contributed by atoms with E-state index in [1.165, 1.54) is 0 Å². The van der Waals surface area contributed by atoms with E-state index in [4.69, 9.17) is 0 Å². The maximum Gasteiger partial charge on any atom is 0.293 e. The predicted molar refractivity (Wildman–Crippen MR) is 75.3 cm³/mol. The molecule has 1 atom stereocenters. The lowest BCUT2D eigenvalue weighted by atomic mass is 10.3. The van der Waals surface area contributed by atoms with Crippen molar-refractivity contribution in [2.24, 2.45) is 0 Å². The first kappa shape index (κ1) is 15.2. The minimum atomic E-state index is -0.491. The van der Waals surface area contributed by atoms with Crippen LogP contribution in [0.15, 0.2) is 17.2 Å². The summed E-state index contributed by atoms with van der Waals surface area (Å²) >= 11 is 0. The second kappa shape index (κ2) is 6.92. The summed E-state index contributed by atoms with van der Waals surface area (Å²) < 4.78 is 1.58. The summed E-state index contributed by atoms with van der Waals surface area (Å²) in [6, 6.07) is -0.435. The molecule has 1 aromatic heterocycles. The Balaban J connectivity index is 2.80. The van der Waals surface area contributed by atoms with Crippen LogP contribution in [0.5, 0.6) is 0 Å². The zero-order valence-electron chi connectivity index (χ0n) is 11.9. The maximum atomic E-state index is 12.1. The Kier molecular flexibility index (Phi) is 5.54. The third kappa shape index (κ3) is 4.08. The quantitative estimate of drug-likeness (QED) is 0.810. The molecule has 1 aromatic rings. The van der Waals surface area contributed by atoms with Gasteiger partial charge in [0.15, 0.2) is 5.82 Å². The Morgan fingerprint density at radius 3 is 2.68 bits per heavy atom. The number of rotatable bonds is 6. The fraction of sp³-hybridized carbons (Fsp3) is 0.615. The lowest BCUT2D eigenvalue weighted by Gasteiger charge is -2.15. The Morgan fingerprint density at radius 1 is 1.42 bits per heavy atom. The molecule has 1 amide bonds. The molecule has 0 fully saturated rings. The monoisotopic (exact) mass is 266 g/mol. The van der Waals surface area contributed by atoms with Crippen molar-refractivity contribution >= 4 is 11.7 Å². The Labute approximate surface area is 113 Å². The van der Waals surface area contributed by atoms with E-state index >= 15 is 0 Å². The number of nitrogens with zero attached hydrogens (tertiary/aromatic N) is 2. The van der Waals surface area contributed by atoms with Crippen molar-refractivity contribution in [3.63, 3.8) is 0 Å². The molecule has 106 valence electrons. The van der Waals surface area contributed by atoms with Gasteiger partial charge in [-0.3, -0.25) is 9.59 Å². The van der Waals surface area contributed by atoms with Crippen LogP contribution in [-0.2, 0) is 4.79 Å². The van der Waals surface area contributed by atoms with Crippen LogP contribution >= 0.6 is 0 Å². The van der Waals surface area contributed by atoms with E-state index in [2.05, 4.69) is 15.6 Å². The average molecular weight is 266 g/mol. The number of carbonyl (C=O) groups is 1. The number of amides is 1. The van der Waals surface area contributed by atoms with Gasteiger partial charge in [0.2, 0.25) is 5.91 Å². The lowest BCUT2D eigenvalue weighted by molar-refractivity contribution is -0.121. The van der Waals surface area contributed by atoms with Gasteiger partial charge in [0.25, 0.3) is 5.56 Å². The summed E-state index contributed by atoms with van der Waals surface area (Å²) in [6.45, 7) is 8.16. The molecule has 0 bridgehead atoms. The van der Waals surface area contributed by atoms with Crippen molar-refractivity contribution < 1.29 is 4.79 Å². The normalized spacial score (nSPS) is 12.3. The molecule has 0 saturated heterocycles. The van der Waals surface area contributed by atoms with Crippen LogP contribution in [0, 0.1) is 0 Å². The molecule has 0 radical (unpaired) electrons. The van der Waals surface area contributed by atoms with Crippen molar-refractivity contribution in [3.05, 3.63) is 22.7 Å². The van der Waals surface area contributed by atoms with Crippen LogP contribution in [0.1, 0.15) is 40.2 Å². The molecule has 6 heteroatoms. The van der Waals surface area contributed by atoms with Crippen LogP contribution in [0.3, 0.4) is 0 Å². The van der Waals surface area contributed by atoms with Gasteiger partial charge in [-0.1, -0.05) is 6.92 Å². The van der Waals surface area contributed by atoms with Gasteiger partial charge in [0.1, 0.15) is 6.04 Å². The van der Waals surface area contributed by atoms with Gasteiger partial charge in [-0.25, -0.2) is 4.98 Å². The minimum absolute atomic E-state index is 0.0558. The Bertz CT molecular complexity index is 482. The second-order valence-electron chi connectivity index (χ2n) is 4.74. The lowest BCUT2D eigenvalue weighted by Crippen LogP contribution is -2.40. The largest absolute Gasteiger partial charge is 0.354 e. The number of hydrogen-bond donors (Lipinski definition) is 2. The molecule has 0 aliphatic rings. The highest BCUT2D eigenvalue weighted by Gasteiger charge is 2.15. The van der Waals surface area contributed by atoms with E-state index in [1.54, 1.807) is 23.9 Å². The minimum Gasteiger partial charge on any atom is -0.354 e. The van der Waals surface area contributed by atoms with Gasteiger partial charge in [0, 0.05) is 25.0 Å². The van der Waals surface area contributed by atoms with Gasteiger partial charge in [0.05, 0.1) is 0 Å². The van der Waals surface area contributed by atoms with Crippen LogP contribution in [0.25, 0.3) is 0 Å². The zero-order valence-corrected chi connectivity index (χ0v) is 11.9. The number of aromatic nitrogens is 2. The van der Waals surface area contributed by atoms with Crippen molar-refractivity contribution in [2.75, 3.05) is 11.9 Å². The third-order valence-corrected chi connectivity index (χ3v) is 2.72. The van der Waals surface area contributed by atoms with Crippen LogP contribution in [-0.4, -0.2) is 28.0 Å². The summed E-state index contributed by atoms with van der Waals surface area (Å²) in [7, 11) is 0. The molecule has 0 saturated carbocycles. The molecule has 0 aromatic carbocycles. The third-order valence-electron chi connectivity index (χ3n) is 2.72. The van der Waals surface area contributed by atoms with Crippen molar-refractivity contribution in [3.8, 4) is 0 Å². The summed E-state index contributed by atoms with van der Waals surface area (Å²) in [5.41, 5.74) is -0.215. The highest BCUT2D eigenvalue weighted by atomic mass is 16.2. The van der Waals surface area contributed by atoms with E-state index in [9.17, 15) is 9.59 Å². The zero-order chi connectivity index (χ0) is 14.4. The fourth-order valence-electron chi connectivity index (χ4n) is 1.60. The van der Waals surface area contributed by atoms with Crippen molar-refractivity contribution in [1.82, 2.24) is 14.9 Å². The van der Waals surface area contributed by atoms with Crippen LogP contribution in [0.4, 0.5) is 5.82 Å². The molecule has 1 rings (SSSR count). The van der Waals surface area contributed by atoms with Crippen LogP contribution < -0.4 is 16.2 Å². The molecule has 6 nitrogen and oxygen atoms in total. The van der Waals surface area contributed by atoms with Crippen molar-refractivity contribution in [2.45, 2.75) is 46.2 Å². The van der Waals surface area contributed by atoms with E-state index in [-0.39, 0.29) is 23.3 Å². The number of carbonyl (C=O) groups excluding carboxylic acids is 1. The highest BCUT2D eigenvalue weighted by molar-refractivity contribution is 5.83. The smallest absolute Gasteiger partial charge is 0.293 e. The fourth-order valence-corrected chi connectivity index (χ4v) is 1.60. The first-order chi connectivity index (χ1) is 8.97. The molecular weight excluding hydrogens is 244 g/mol. The van der Waals surface area contributed by atoms with Gasteiger partial charge < -0.3 is 15.2 Å². The Hall–Kier alpha value is -1.85. The summed E-state index contributed by atoms with van der Waals surface area (Å²) in [4.78, 5) is 27.8. The summed E-state index contributed by atoms with van der Waals surface area (Å²) in [5.74, 6) is 0.0679. The highest BCUT2D eigenvalue weighted by Crippen LogP contribution is 2.02. The SMILES string of the molecule is CCCNC(=O)C(C)Nc1nccn(C(C)C)c1=O. The second-order valence-corrected chi connectivity index (χ2v) is 4.74. The van der Waals surface area contributed by atoms with Crippen molar-refractivity contribution in [1.29, 1.82) is 0 Å². The molecule has 2 N–H and O–H groups in total. The van der Waals surface area contributed by atoms with Gasteiger partial charge in [-0.05, 0) is 27.2 Å². The first-order valence-corrected chi connectivity index (χ1v) is 6.58. The van der Waals surface area contributed by atoms with Gasteiger partial charge in [-0.2, -0.15) is 0 Å². The Morgan fingerprint density at radius 2 is 2.11 bits per heavy atom. The topological polar surface area (TPSA) is 76.0 Å². The maximum absolute atomic E-state index is 12.1. The summed E-state index contributed by atoms with van der Waals surface area (Å²) in [5, 5.41) is 5.63. The average Bonchev–Trinajstić information content (AvgIpc) is 2.37. The number of nitrogens with one attached hydrogen (secondary N) is 2. The van der Waals surface area contributed by atoms with E-state index < -0.39 is 6.04 Å². The molecule has 0 spiro atoms. The molecule has 0 aliphatic heterocycles. The van der Waals surface area contributed by atoms with Gasteiger partial charge >= 0.3 is 0 Å². The van der Waals surface area contributed by atoms with E-state index in [0.29, 0.717) is 6.54 Å². The molecule has 19 heavy (non-hydrogen) atoms. The standard InChI is InChI=1S/C13H22N4O2/c1-5-6-15-12(18)10(4)16-11-13(19)17(9(2)3)8-7-14-11/h7-10H,5-6H2,1-4H3,(H,14,16)(H,15,18). The molecule has 1 heterocycles.